The highest BCUT2D eigenvalue weighted by Crippen LogP contribution is 2.52. The van der Waals surface area contributed by atoms with E-state index >= 15 is 0 Å². The van der Waals surface area contributed by atoms with Crippen LogP contribution in [0.1, 0.15) is 90.9 Å². The number of benzene rings is 7. The molecule has 0 fully saturated rings. The highest BCUT2D eigenvalue weighted by atomic mass is 16.2. The van der Waals surface area contributed by atoms with Crippen molar-refractivity contribution in [2.75, 3.05) is 9.80 Å². The monoisotopic (exact) mass is 874 g/mol. The van der Waals surface area contributed by atoms with Crippen LogP contribution >= 0.6 is 0 Å². The van der Waals surface area contributed by atoms with Gasteiger partial charge >= 0.3 is 0 Å². The largest absolute Gasteiger partial charge is 0.309 e. The van der Waals surface area contributed by atoms with Crippen molar-refractivity contribution in [3.05, 3.63) is 187 Å². The predicted molar refractivity (Wildman–Crippen MR) is 276 cm³/mol. The Morgan fingerprint density at radius 2 is 0.561 bits per heavy atom. The number of fused-ring (bicyclic) bond motifs is 4. The lowest BCUT2D eigenvalue weighted by Gasteiger charge is -2.33. The van der Waals surface area contributed by atoms with Gasteiger partial charge in [0, 0.05) is 57.4 Å². The van der Waals surface area contributed by atoms with Crippen LogP contribution in [-0.2, 0) is 13.1 Å². The molecule has 0 spiro atoms. The zero-order chi connectivity index (χ0) is 45.6. The molecule has 0 aliphatic carbocycles. The summed E-state index contributed by atoms with van der Waals surface area (Å²) in [5.41, 5.74) is 3.72. The molecule has 2 aromatic heterocycles. The van der Waals surface area contributed by atoms with E-state index in [1.807, 2.05) is 146 Å². The minimum absolute atomic E-state index is 0.299. The molecule has 9 aromatic rings. The third-order valence-corrected chi connectivity index (χ3v) is 13.2. The summed E-state index contributed by atoms with van der Waals surface area (Å²) in [6.07, 6.45) is 12.4. The molecule has 0 bridgehead atoms. The van der Waals surface area contributed by atoms with E-state index in [0.29, 0.717) is 34.6 Å². The van der Waals surface area contributed by atoms with Crippen molar-refractivity contribution in [1.82, 2.24) is 9.13 Å². The Morgan fingerprint density at radius 3 is 0.818 bits per heavy atom. The number of para-hydroxylation sites is 4. The fraction of sp³-hybridized carbons (Fsp3) is 0.276. The summed E-state index contributed by atoms with van der Waals surface area (Å²) >= 11 is 0. The van der Waals surface area contributed by atoms with Crippen molar-refractivity contribution in [3.8, 4) is 0 Å². The van der Waals surface area contributed by atoms with Crippen LogP contribution in [0.5, 0.6) is 0 Å². The lowest BCUT2D eigenvalue weighted by molar-refractivity contribution is 0.547. The number of nitrogens with zero attached hydrogens (tertiary/aromatic N) is 4. The summed E-state index contributed by atoms with van der Waals surface area (Å²) in [4.78, 5) is 62.7. The second-order valence-corrected chi connectivity index (χ2v) is 17.7. The first-order valence-electron chi connectivity index (χ1n) is 24.1. The molecular formula is C58H58N4O4. The maximum atomic E-state index is 14.6. The normalized spacial score (nSPS) is 11.7. The summed E-state index contributed by atoms with van der Waals surface area (Å²) in [6.45, 7) is 5.08. The molecule has 8 nitrogen and oxygen atoms in total. The van der Waals surface area contributed by atoms with Crippen LogP contribution in [0.4, 0.5) is 34.1 Å². The average Bonchev–Trinajstić information content (AvgIpc) is 3.73. The molecule has 66 heavy (non-hydrogen) atoms. The summed E-state index contributed by atoms with van der Waals surface area (Å²) in [5.74, 6) is 0. The van der Waals surface area contributed by atoms with Crippen LogP contribution in [0.25, 0.3) is 43.1 Å². The van der Waals surface area contributed by atoms with E-state index in [-0.39, 0.29) is 22.2 Å². The van der Waals surface area contributed by atoms with E-state index in [9.17, 15) is 19.2 Å². The standard InChI is InChI=1S/C58H58N4O4/c1-3-5-7-9-11-25-35-59-55(63)49-37-45-46(38-50(49)56(59)64)54(62(43-31-21-15-22-32-43)44-33-23-16-24-34-44)48-40-52-51(57(65)60(58(52)66)36-26-12-10-8-6-4-2)39-47(48)53(45)61(41-27-17-13-18-28-41)42-29-19-14-20-30-42/h13-24,27-34,37-40H,3-12,25-26,35-36H2,1-2H3. The van der Waals surface area contributed by atoms with Crippen LogP contribution in [0.3, 0.4) is 0 Å². The third kappa shape index (κ3) is 8.48. The van der Waals surface area contributed by atoms with Crippen LogP contribution < -0.4 is 32.0 Å². The minimum atomic E-state index is -0.299. The molecular weight excluding hydrogens is 817 g/mol. The van der Waals surface area contributed by atoms with Gasteiger partial charge in [0.25, 0.3) is 22.2 Å². The van der Waals surface area contributed by atoms with Gasteiger partial charge in [-0.05, 0) is 85.6 Å². The van der Waals surface area contributed by atoms with E-state index in [2.05, 4.69) is 23.6 Å². The van der Waals surface area contributed by atoms with Crippen LogP contribution in [0.2, 0.25) is 0 Å². The quantitative estimate of drug-likeness (QED) is 0.0431. The zero-order valence-electron chi connectivity index (χ0n) is 38.2. The van der Waals surface area contributed by atoms with Crippen molar-refractivity contribution in [1.29, 1.82) is 0 Å². The first-order valence-corrected chi connectivity index (χ1v) is 24.1. The van der Waals surface area contributed by atoms with Crippen molar-refractivity contribution in [3.63, 3.8) is 0 Å². The molecule has 334 valence electrons. The highest BCUT2D eigenvalue weighted by Gasteiger charge is 2.29. The topological polar surface area (TPSA) is 84.6 Å². The predicted octanol–water partition coefficient (Wildman–Crippen LogP) is 13.9. The van der Waals surface area contributed by atoms with Gasteiger partial charge in [-0.25, -0.2) is 0 Å². The fourth-order valence-corrected chi connectivity index (χ4v) is 9.86. The van der Waals surface area contributed by atoms with Gasteiger partial charge in [-0.3, -0.25) is 28.3 Å². The van der Waals surface area contributed by atoms with Gasteiger partial charge in [-0.15, -0.1) is 0 Å². The summed E-state index contributed by atoms with van der Waals surface area (Å²) in [6, 6.07) is 47.9. The number of hydrogen-bond donors (Lipinski definition) is 0. The van der Waals surface area contributed by atoms with Gasteiger partial charge in [0.1, 0.15) is 0 Å². The lowest BCUT2D eigenvalue weighted by Crippen LogP contribution is -2.25. The van der Waals surface area contributed by atoms with Crippen molar-refractivity contribution >= 4 is 77.2 Å². The molecule has 8 heteroatoms. The molecule has 2 heterocycles. The van der Waals surface area contributed by atoms with Crippen molar-refractivity contribution < 1.29 is 0 Å². The van der Waals surface area contributed by atoms with Crippen LogP contribution in [-0.4, -0.2) is 9.13 Å². The molecule has 0 saturated heterocycles. The number of hydrogen-bond acceptors (Lipinski definition) is 6. The van der Waals surface area contributed by atoms with Crippen molar-refractivity contribution in [2.45, 2.75) is 104 Å². The van der Waals surface area contributed by atoms with Crippen LogP contribution in [0.15, 0.2) is 165 Å². The number of unbranched alkanes of at least 4 members (excludes halogenated alkanes) is 10. The maximum absolute atomic E-state index is 14.6. The van der Waals surface area contributed by atoms with Gasteiger partial charge in [-0.1, -0.05) is 151 Å². The van der Waals surface area contributed by atoms with Crippen molar-refractivity contribution in [2.24, 2.45) is 0 Å². The average molecular weight is 875 g/mol. The van der Waals surface area contributed by atoms with Gasteiger partial charge in [0.15, 0.2) is 0 Å². The van der Waals surface area contributed by atoms with E-state index in [0.717, 1.165) is 120 Å². The third-order valence-electron chi connectivity index (χ3n) is 13.2. The van der Waals surface area contributed by atoms with E-state index in [4.69, 9.17) is 0 Å². The summed E-state index contributed by atoms with van der Waals surface area (Å²) < 4.78 is 2.84. The second-order valence-electron chi connectivity index (χ2n) is 17.7. The SMILES string of the molecule is CCCCCCCCn1c(=O)c2cc3c(N(c4ccccc4)c4ccccc4)c4cc5c(=O)n(CCCCCCCC)c(=O)c5cc4c(N(c4ccccc4)c4ccccc4)c3cc2c1=O. The second kappa shape index (κ2) is 20.0. The summed E-state index contributed by atoms with van der Waals surface area (Å²) in [5, 5.41) is 4.33. The first kappa shape index (κ1) is 44.2. The fourth-order valence-electron chi connectivity index (χ4n) is 9.86. The smallest absolute Gasteiger partial charge is 0.261 e. The molecule has 0 aliphatic rings. The Bertz CT molecular complexity index is 2890. The van der Waals surface area contributed by atoms with Crippen LogP contribution in [0, 0.1) is 0 Å². The number of aromatic nitrogens is 2. The Hall–Kier alpha value is -7.06. The molecule has 9 rings (SSSR count). The lowest BCUT2D eigenvalue weighted by atomic mass is 9.92. The highest BCUT2D eigenvalue weighted by molar-refractivity contribution is 6.27. The number of anilines is 6. The Kier molecular flexibility index (Phi) is 13.4. The van der Waals surface area contributed by atoms with Gasteiger partial charge in [-0.2, -0.15) is 0 Å². The molecule has 0 amide bonds. The molecule has 0 unspecified atom stereocenters. The molecule has 0 atom stereocenters. The van der Waals surface area contributed by atoms with E-state index in [1.54, 1.807) is 0 Å². The molecule has 0 aliphatic heterocycles. The Balaban J connectivity index is 1.41. The number of rotatable bonds is 20. The maximum Gasteiger partial charge on any atom is 0.261 e. The Labute approximate surface area is 385 Å². The molecule has 7 aromatic carbocycles. The molecule has 0 N–H and O–H groups in total. The minimum Gasteiger partial charge on any atom is -0.309 e. The van der Waals surface area contributed by atoms with Gasteiger partial charge in [0.2, 0.25) is 0 Å². The van der Waals surface area contributed by atoms with E-state index in [1.165, 1.54) is 22.0 Å². The van der Waals surface area contributed by atoms with E-state index < -0.39 is 0 Å². The van der Waals surface area contributed by atoms with Gasteiger partial charge < -0.3 is 9.80 Å². The van der Waals surface area contributed by atoms with Gasteiger partial charge in [0.05, 0.1) is 32.9 Å². The first-order chi connectivity index (χ1) is 32.4. The summed E-state index contributed by atoms with van der Waals surface area (Å²) in [7, 11) is 0. The molecule has 0 saturated carbocycles. The Morgan fingerprint density at radius 1 is 0.318 bits per heavy atom. The molecule has 0 radical (unpaired) electrons. The zero-order valence-corrected chi connectivity index (χ0v) is 38.2.